The van der Waals surface area contributed by atoms with Gasteiger partial charge in [0.2, 0.25) is 5.91 Å². The zero-order valence-corrected chi connectivity index (χ0v) is 13.2. The van der Waals surface area contributed by atoms with Crippen molar-refractivity contribution in [2.24, 2.45) is 5.41 Å². The van der Waals surface area contributed by atoms with Crippen LogP contribution >= 0.6 is 15.9 Å². The van der Waals surface area contributed by atoms with E-state index in [2.05, 4.69) is 26.0 Å². The predicted molar refractivity (Wildman–Crippen MR) is 76.6 cm³/mol. The van der Waals surface area contributed by atoms with Gasteiger partial charge in [0.1, 0.15) is 5.82 Å². The van der Waals surface area contributed by atoms with E-state index in [1.54, 1.807) is 26.0 Å². The van der Waals surface area contributed by atoms with Gasteiger partial charge in [-0.1, -0.05) is 15.9 Å². The van der Waals surface area contributed by atoms with Crippen molar-refractivity contribution in [2.45, 2.75) is 20.3 Å². The molecular weight excluding hydrogens is 329 g/mol. The van der Waals surface area contributed by atoms with Crippen molar-refractivity contribution in [1.82, 2.24) is 5.32 Å². The van der Waals surface area contributed by atoms with Crippen LogP contribution in [0.2, 0.25) is 0 Å². The van der Waals surface area contributed by atoms with Crippen molar-refractivity contribution in [3.63, 3.8) is 0 Å². The van der Waals surface area contributed by atoms with Gasteiger partial charge >= 0.3 is 5.97 Å². The second-order valence-electron chi connectivity index (χ2n) is 5.06. The van der Waals surface area contributed by atoms with Crippen LogP contribution in [0.3, 0.4) is 0 Å². The molecule has 4 nitrogen and oxygen atoms in total. The Morgan fingerprint density at radius 2 is 2.05 bits per heavy atom. The molecule has 6 heteroatoms. The number of methoxy groups -OCH3 is 1. The Hall–Kier alpha value is -1.43. The lowest BCUT2D eigenvalue weighted by Gasteiger charge is -2.21. The normalized spacial score (nSPS) is 11.1. The fourth-order valence-corrected chi connectivity index (χ4v) is 1.99. The maximum Gasteiger partial charge on any atom is 0.313 e. The number of benzene rings is 1. The summed E-state index contributed by atoms with van der Waals surface area (Å²) >= 11 is 3.23. The first kappa shape index (κ1) is 16.6. The predicted octanol–water partition coefficient (Wildman–Crippen LogP) is 2.45. The van der Waals surface area contributed by atoms with E-state index in [1.807, 2.05) is 0 Å². The SMILES string of the molecule is COC(=O)C(C)(C)CNC(=O)Cc1cc(Br)ccc1F. The fraction of sp³-hybridized carbons (Fsp3) is 0.429. The van der Waals surface area contributed by atoms with Gasteiger partial charge in [-0.05, 0) is 37.6 Å². The molecular formula is C14H17BrFNO3. The summed E-state index contributed by atoms with van der Waals surface area (Å²) in [6.07, 6.45) is -0.0808. The Balaban J connectivity index is 2.60. The molecule has 1 N–H and O–H groups in total. The lowest BCUT2D eigenvalue weighted by atomic mass is 9.93. The quantitative estimate of drug-likeness (QED) is 0.834. The van der Waals surface area contributed by atoms with E-state index >= 15 is 0 Å². The summed E-state index contributed by atoms with van der Waals surface area (Å²) in [5.74, 6) is -1.19. The molecule has 0 aromatic heterocycles. The second kappa shape index (κ2) is 6.83. The Morgan fingerprint density at radius 3 is 2.65 bits per heavy atom. The average molecular weight is 346 g/mol. The third-order valence-electron chi connectivity index (χ3n) is 2.82. The number of halogens is 2. The number of esters is 1. The molecule has 0 saturated carbocycles. The number of carbonyl (C=O) groups is 2. The van der Waals surface area contributed by atoms with E-state index in [0.717, 1.165) is 0 Å². The van der Waals surface area contributed by atoms with Gasteiger partial charge in [0.25, 0.3) is 0 Å². The van der Waals surface area contributed by atoms with E-state index in [-0.39, 0.29) is 18.9 Å². The third kappa shape index (κ3) is 4.59. The molecule has 110 valence electrons. The topological polar surface area (TPSA) is 55.4 Å². The van der Waals surface area contributed by atoms with E-state index in [0.29, 0.717) is 10.0 Å². The molecule has 0 heterocycles. The van der Waals surface area contributed by atoms with E-state index in [1.165, 1.54) is 13.2 Å². The highest BCUT2D eigenvalue weighted by Gasteiger charge is 2.29. The maximum atomic E-state index is 13.5. The minimum Gasteiger partial charge on any atom is -0.469 e. The van der Waals surface area contributed by atoms with Crippen LogP contribution in [0.15, 0.2) is 22.7 Å². The molecule has 0 radical (unpaired) electrons. The summed E-state index contributed by atoms with van der Waals surface area (Å²) in [5.41, 5.74) is -0.520. The minimum absolute atomic E-state index is 0.0808. The molecule has 1 aromatic rings. The van der Waals surface area contributed by atoms with Gasteiger partial charge in [0.15, 0.2) is 0 Å². The molecule has 0 fully saturated rings. The molecule has 0 aliphatic carbocycles. The molecule has 0 aliphatic heterocycles. The second-order valence-corrected chi connectivity index (χ2v) is 5.98. The minimum atomic E-state index is -0.819. The monoisotopic (exact) mass is 345 g/mol. The molecule has 0 spiro atoms. The smallest absolute Gasteiger partial charge is 0.313 e. The van der Waals surface area contributed by atoms with Gasteiger partial charge in [-0.15, -0.1) is 0 Å². The summed E-state index contributed by atoms with van der Waals surface area (Å²) < 4.78 is 18.9. The van der Waals surface area contributed by atoms with E-state index in [9.17, 15) is 14.0 Å². The van der Waals surface area contributed by atoms with E-state index < -0.39 is 17.2 Å². The number of ether oxygens (including phenoxy) is 1. The summed E-state index contributed by atoms with van der Waals surface area (Å²) in [4.78, 5) is 23.3. The Labute approximate surface area is 125 Å². The van der Waals surface area contributed by atoms with E-state index in [4.69, 9.17) is 0 Å². The highest BCUT2D eigenvalue weighted by molar-refractivity contribution is 9.10. The third-order valence-corrected chi connectivity index (χ3v) is 3.32. The summed E-state index contributed by atoms with van der Waals surface area (Å²) in [5, 5.41) is 2.61. The van der Waals surface area contributed by atoms with Gasteiger partial charge in [-0.2, -0.15) is 0 Å². The van der Waals surface area contributed by atoms with Crippen LogP contribution in [0.5, 0.6) is 0 Å². The molecule has 1 aromatic carbocycles. The van der Waals surface area contributed by atoms with Gasteiger partial charge in [-0.25, -0.2) is 4.39 Å². The van der Waals surface area contributed by atoms with Crippen LogP contribution in [-0.4, -0.2) is 25.5 Å². The number of rotatable bonds is 5. The van der Waals surface area contributed by atoms with Gasteiger partial charge in [-0.3, -0.25) is 9.59 Å². The van der Waals surface area contributed by atoms with Crippen LogP contribution < -0.4 is 5.32 Å². The first-order chi connectivity index (χ1) is 9.26. The Bertz CT molecular complexity index is 517. The summed E-state index contributed by atoms with van der Waals surface area (Å²) in [6, 6.07) is 4.42. The van der Waals surface area contributed by atoms with Crippen molar-refractivity contribution in [3.8, 4) is 0 Å². The molecule has 0 atom stereocenters. The van der Waals surface area contributed by atoms with Crippen molar-refractivity contribution in [1.29, 1.82) is 0 Å². The van der Waals surface area contributed by atoms with Crippen molar-refractivity contribution in [3.05, 3.63) is 34.1 Å². The lowest BCUT2D eigenvalue weighted by Crippen LogP contribution is -2.40. The van der Waals surface area contributed by atoms with Crippen LogP contribution in [0.25, 0.3) is 0 Å². The Kier molecular flexibility index (Phi) is 5.68. The zero-order valence-electron chi connectivity index (χ0n) is 11.6. The molecule has 0 bridgehead atoms. The number of carbonyl (C=O) groups excluding carboxylic acids is 2. The van der Waals surface area contributed by atoms with Crippen molar-refractivity contribution in [2.75, 3.05) is 13.7 Å². The highest BCUT2D eigenvalue weighted by atomic mass is 79.9. The maximum absolute atomic E-state index is 13.5. The number of hydrogen-bond acceptors (Lipinski definition) is 3. The number of hydrogen-bond donors (Lipinski definition) is 1. The first-order valence-electron chi connectivity index (χ1n) is 6.05. The van der Waals surface area contributed by atoms with Gasteiger partial charge in [0, 0.05) is 11.0 Å². The van der Waals surface area contributed by atoms with Crippen LogP contribution in [0.1, 0.15) is 19.4 Å². The summed E-state index contributed by atoms with van der Waals surface area (Å²) in [6.45, 7) is 3.46. The first-order valence-corrected chi connectivity index (χ1v) is 6.84. The number of nitrogens with one attached hydrogen (secondary N) is 1. The highest BCUT2D eigenvalue weighted by Crippen LogP contribution is 2.17. The molecule has 0 saturated heterocycles. The number of amides is 1. The van der Waals surface area contributed by atoms with Gasteiger partial charge < -0.3 is 10.1 Å². The largest absolute Gasteiger partial charge is 0.469 e. The summed E-state index contributed by atoms with van der Waals surface area (Å²) in [7, 11) is 1.29. The van der Waals surface area contributed by atoms with Gasteiger partial charge in [0.05, 0.1) is 18.9 Å². The molecule has 1 amide bonds. The van der Waals surface area contributed by atoms with Crippen LogP contribution in [-0.2, 0) is 20.7 Å². The zero-order chi connectivity index (χ0) is 15.3. The standard InChI is InChI=1S/C14H17BrFNO3/c1-14(2,13(19)20-3)8-17-12(18)7-9-6-10(15)4-5-11(9)16/h4-6H,7-8H2,1-3H3,(H,17,18). The molecule has 0 unspecified atom stereocenters. The molecule has 0 aliphatic rings. The Morgan fingerprint density at radius 1 is 1.40 bits per heavy atom. The van der Waals surface area contributed by atoms with Crippen LogP contribution in [0.4, 0.5) is 4.39 Å². The van der Waals surface area contributed by atoms with Crippen molar-refractivity contribution >= 4 is 27.8 Å². The fourth-order valence-electron chi connectivity index (χ4n) is 1.58. The average Bonchev–Trinajstić information content (AvgIpc) is 2.39. The molecule has 1 rings (SSSR count). The molecule has 20 heavy (non-hydrogen) atoms. The van der Waals surface area contributed by atoms with Crippen LogP contribution in [0, 0.1) is 11.2 Å². The lowest BCUT2D eigenvalue weighted by molar-refractivity contribution is -0.150. The van der Waals surface area contributed by atoms with Crippen molar-refractivity contribution < 1.29 is 18.7 Å².